The van der Waals surface area contributed by atoms with E-state index in [1.807, 2.05) is 12.1 Å². The minimum Gasteiger partial charge on any atom is -0.494 e. The van der Waals surface area contributed by atoms with Crippen LogP contribution in [0.25, 0.3) is 0 Å². The molecule has 0 heterocycles. The predicted octanol–water partition coefficient (Wildman–Crippen LogP) is 2.44. The number of hydrogen-bond donors (Lipinski definition) is 0. The number of carbonyl (C=O) groups excluding carboxylic acids is 1. The zero-order valence-electron chi connectivity index (χ0n) is 8.94. The van der Waals surface area contributed by atoms with Gasteiger partial charge in [-0.3, -0.25) is 4.79 Å². The molecule has 3 heteroatoms. The van der Waals surface area contributed by atoms with Crippen molar-refractivity contribution < 1.29 is 14.3 Å². The lowest BCUT2D eigenvalue weighted by Crippen LogP contribution is -1.98. The monoisotopic (exact) mass is 208 g/mol. The third-order valence-electron chi connectivity index (χ3n) is 1.91. The van der Waals surface area contributed by atoms with Crippen LogP contribution in [0.5, 0.6) is 11.5 Å². The Labute approximate surface area is 90.0 Å². The van der Waals surface area contributed by atoms with E-state index in [9.17, 15) is 4.79 Å². The molecule has 0 spiro atoms. The molecule has 0 aliphatic heterocycles. The first-order chi connectivity index (χ1) is 7.36. The van der Waals surface area contributed by atoms with Crippen LogP contribution in [-0.4, -0.2) is 19.5 Å². The molecule has 0 aromatic heterocycles. The molecule has 0 unspecified atom stereocenters. The molecular weight excluding hydrogens is 192 g/mol. The quantitative estimate of drug-likeness (QED) is 0.510. The minimum atomic E-state index is 0.0933. The molecule has 0 radical (unpaired) electrons. The van der Waals surface area contributed by atoms with Gasteiger partial charge >= 0.3 is 0 Å². The molecule has 0 fully saturated rings. The lowest BCUT2D eigenvalue weighted by Gasteiger charge is -2.06. The van der Waals surface area contributed by atoms with E-state index in [-0.39, 0.29) is 6.61 Å². The van der Waals surface area contributed by atoms with Crippen LogP contribution in [0.1, 0.15) is 19.8 Å². The van der Waals surface area contributed by atoms with Crippen LogP contribution in [-0.2, 0) is 4.79 Å². The van der Waals surface area contributed by atoms with Crippen molar-refractivity contribution in [2.24, 2.45) is 0 Å². The third-order valence-corrected chi connectivity index (χ3v) is 1.91. The van der Waals surface area contributed by atoms with Crippen LogP contribution in [0, 0.1) is 0 Å². The highest BCUT2D eigenvalue weighted by Gasteiger charge is 1.95. The first-order valence-corrected chi connectivity index (χ1v) is 5.16. The van der Waals surface area contributed by atoms with E-state index in [4.69, 9.17) is 9.47 Å². The van der Waals surface area contributed by atoms with Gasteiger partial charge in [0.15, 0.2) is 6.29 Å². The average Bonchev–Trinajstić information content (AvgIpc) is 2.28. The zero-order chi connectivity index (χ0) is 10.9. The van der Waals surface area contributed by atoms with Gasteiger partial charge in [-0.1, -0.05) is 13.3 Å². The highest BCUT2D eigenvalue weighted by atomic mass is 16.5. The van der Waals surface area contributed by atoms with Crippen LogP contribution >= 0.6 is 0 Å². The zero-order valence-corrected chi connectivity index (χ0v) is 8.94. The molecule has 82 valence electrons. The second-order valence-electron chi connectivity index (χ2n) is 3.15. The summed E-state index contributed by atoms with van der Waals surface area (Å²) in [6.07, 6.45) is 2.91. The van der Waals surface area contributed by atoms with Crippen molar-refractivity contribution in [3.63, 3.8) is 0 Å². The number of carbonyl (C=O) groups is 1. The van der Waals surface area contributed by atoms with Gasteiger partial charge in [0, 0.05) is 0 Å². The summed E-state index contributed by atoms with van der Waals surface area (Å²) in [5.41, 5.74) is 0. The minimum absolute atomic E-state index is 0.0933. The SMILES string of the molecule is CCCCOc1ccc(OCC=O)cc1. The number of ether oxygens (including phenoxy) is 2. The highest BCUT2D eigenvalue weighted by molar-refractivity contribution is 5.51. The molecule has 3 nitrogen and oxygen atoms in total. The molecule has 0 saturated heterocycles. The Hall–Kier alpha value is -1.51. The topological polar surface area (TPSA) is 35.5 Å². The van der Waals surface area contributed by atoms with E-state index in [0.29, 0.717) is 5.75 Å². The summed E-state index contributed by atoms with van der Waals surface area (Å²) in [4.78, 5) is 10.1. The highest BCUT2D eigenvalue weighted by Crippen LogP contribution is 2.17. The van der Waals surface area contributed by atoms with Gasteiger partial charge in [-0.15, -0.1) is 0 Å². The standard InChI is InChI=1S/C12H16O3/c1-2-3-9-14-11-4-6-12(7-5-11)15-10-8-13/h4-8H,2-3,9-10H2,1H3. The Kier molecular flexibility index (Phi) is 5.30. The van der Waals surface area contributed by atoms with Gasteiger partial charge in [0.25, 0.3) is 0 Å². The molecule has 0 N–H and O–H groups in total. The molecule has 1 rings (SSSR count). The average molecular weight is 208 g/mol. The summed E-state index contributed by atoms with van der Waals surface area (Å²) in [5, 5.41) is 0. The number of benzene rings is 1. The molecule has 0 saturated carbocycles. The Balaban J connectivity index is 2.38. The summed E-state index contributed by atoms with van der Waals surface area (Å²) in [5.74, 6) is 1.52. The molecule has 1 aromatic carbocycles. The summed E-state index contributed by atoms with van der Waals surface area (Å²) in [6.45, 7) is 2.96. The van der Waals surface area contributed by atoms with Crippen molar-refractivity contribution in [1.29, 1.82) is 0 Å². The van der Waals surface area contributed by atoms with E-state index >= 15 is 0 Å². The van der Waals surface area contributed by atoms with Crippen molar-refractivity contribution in [1.82, 2.24) is 0 Å². The number of rotatable bonds is 7. The van der Waals surface area contributed by atoms with Crippen molar-refractivity contribution in [2.45, 2.75) is 19.8 Å². The summed E-state index contributed by atoms with van der Waals surface area (Å²) in [6, 6.07) is 7.28. The third kappa shape index (κ3) is 4.49. The van der Waals surface area contributed by atoms with E-state index in [1.54, 1.807) is 12.1 Å². The van der Waals surface area contributed by atoms with Gasteiger partial charge < -0.3 is 9.47 Å². The fraction of sp³-hybridized carbons (Fsp3) is 0.417. The van der Waals surface area contributed by atoms with Crippen LogP contribution < -0.4 is 9.47 Å². The van der Waals surface area contributed by atoms with Gasteiger partial charge in [-0.2, -0.15) is 0 Å². The molecule has 0 aliphatic carbocycles. The largest absolute Gasteiger partial charge is 0.494 e. The van der Waals surface area contributed by atoms with Gasteiger partial charge in [0.05, 0.1) is 6.61 Å². The molecule has 1 aromatic rings. The summed E-state index contributed by atoms with van der Waals surface area (Å²) >= 11 is 0. The number of unbranched alkanes of at least 4 members (excludes halogenated alkanes) is 1. The second-order valence-corrected chi connectivity index (χ2v) is 3.15. The van der Waals surface area contributed by atoms with Crippen LogP contribution in [0.2, 0.25) is 0 Å². The fourth-order valence-electron chi connectivity index (χ4n) is 1.10. The number of hydrogen-bond acceptors (Lipinski definition) is 3. The Bertz CT molecular complexity index is 279. The second kappa shape index (κ2) is 6.87. The fourth-order valence-corrected chi connectivity index (χ4v) is 1.10. The number of aldehydes is 1. The lowest BCUT2D eigenvalue weighted by molar-refractivity contribution is -0.109. The van der Waals surface area contributed by atoms with Crippen molar-refractivity contribution in [3.8, 4) is 11.5 Å². The van der Waals surface area contributed by atoms with Crippen molar-refractivity contribution in [3.05, 3.63) is 24.3 Å². The summed E-state index contributed by atoms with van der Waals surface area (Å²) in [7, 11) is 0. The van der Waals surface area contributed by atoms with E-state index in [0.717, 1.165) is 31.5 Å². The van der Waals surface area contributed by atoms with Crippen LogP contribution in [0.3, 0.4) is 0 Å². The molecule has 0 amide bonds. The maximum Gasteiger partial charge on any atom is 0.157 e. The van der Waals surface area contributed by atoms with Gasteiger partial charge in [-0.05, 0) is 30.7 Å². The predicted molar refractivity (Wildman–Crippen MR) is 58.4 cm³/mol. The molecule has 0 aliphatic rings. The van der Waals surface area contributed by atoms with Crippen LogP contribution in [0.15, 0.2) is 24.3 Å². The lowest BCUT2D eigenvalue weighted by atomic mass is 10.3. The molecule has 15 heavy (non-hydrogen) atoms. The van der Waals surface area contributed by atoms with Gasteiger partial charge in [-0.25, -0.2) is 0 Å². The first kappa shape index (κ1) is 11.6. The van der Waals surface area contributed by atoms with E-state index in [1.165, 1.54) is 0 Å². The van der Waals surface area contributed by atoms with Crippen molar-refractivity contribution >= 4 is 6.29 Å². The summed E-state index contributed by atoms with van der Waals surface area (Å²) < 4.78 is 10.6. The Morgan fingerprint density at radius 3 is 2.27 bits per heavy atom. The van der Waals surface area contributed by atoms with Gasteiger partial charge in [0.1, 0.15) is 18.1 Å². The maximum absolute atomic E-state index is 10.1. The molecule has 0 atom stereocenters. The maximum atomic E-state index is 10.1. The van der Waals surface area contributed by atoms with E-state index in [2.05, 4.69) is 6.92 Å². The smallest absolute Gasteiger partial charge is 0.157 e. The normalized spacial score (nSPS) is 9.67. The first-order valence-electron chi connectivity index (χ1n) is 5.16. The Morgan fingerprint density at radius 1 is 1.13 bits per heavy atom. The van der Waals surface area contributed by atoms with Gasteiger partial charge in [0.2, 0.25) is 0 Å². The van der Waals surface area contributed by atoms with Crippen LogP contribution in [0.4, 0.5) is 0 Å². The molecular formula is C12H16O3. The van der Waals surface area contributed by atoms with E-state index < -0.39 is 0 Å². The van der Waals surface area contributed by atoms with Crippen molar-refractivity contribution in [2.75, 3.05) is 13.2 Å². The Morgan fingerprint density at radius 2 is 1.73 bits per heavy atom. The molecule has 0 bridgehead atoms.